The molecule has 2 aliphatic heterocycles. The van der Waals surface area contributed by atoms with E-state index in [1.54, 1.807) is 0 Å². The monoisotopic (exact) mass is 521 g/mol. The normalized spacial score (nSPS) is 19.8. The molecule has 0 fully saturated rings. The van der Waals surface area contributed by atoms with Gasteiger partial charge in [-0.2, -0.15) is 0 Å². The zero-order valence-corrected chi connectivity index (χ0v) is 21.0. The van der Waals surface area contributed by atoms with E-state index in [0.29, 0.717) is 12.4 Å². The first-order valence-electron chi connectivity index (χ1n) is 12.4. The van der Waals surface area contributed by atoms with Crippen LogP contribution in [0.15, 0.2) is 119 Å². The molecule has 2 N–H and O–H groups in total. The second-order valence-electron chi connectivity index (χ2n) is 9.31. The molecule has 4 aromatic rings. The molecule has 39 heavy (non-hydrogen) atoms. The third kappa shape index (κ3) is 5.51. The molecule has 0 aliphatic carbocycles. The summed E-state index contributed by atoms with van der Waals surface area (Å²) < 4.78 is 5.70. The first-order chi connectivity index (χ1) is 17.5. The van der Waals surface area contributed by atoms with Crippen molar-refractivity contribution in [2.75, 3.05) is 6.61 Å². The number of nitrogens with two attached hydrogens (primary N) is 1. The van der Waals surface area contributed by atoms with E-state index < -0.39 is 0 Å². The largest absolute Gasteiger partial charge is 0.478 e. The van der Waals surface area contributed by atoms with E-state index in [-0.39, 0.29) is 33.4 Å². The van der Waals surface area contributed by atoms with E-state index in [4.69, 9.17) is 15.5 Å². The summed E-state index contributed by atoms with van der Waals surface area (Å²) >= 11 is 0. The third-order valence-corrected chi connectivity index (χ3v) is 7.03. The Bertz CT molecular complexity index is 1430. The average Bonchev–Trinajstić information content (AvgIpc) is 3.37. The summed E-state index contributed by atoms with van der Waals surface area (Å²) in [6, 6.07) is 37.1. The van der Waals surface area contributed by atoms with Crippen molar-refractivity contribution in [3.63, 3.8) is 0 Å². The van der Waals surface area contributed by atoms with E-state index in [1.807, 2.05) is 55.5 Å². The van der Waals surface area contributed by atoms with Crippen LogP contribution in [0, 0.1) is 0 Å². The molecule has 0 saturated carbocycles. The maximum Gasteiger partial charge on any atom is 0.217 e. The fraction of sp³-hybridized carbons (Fsp3) is 0.257. The highest BCUT2D eigenvalue weighted by Crippen LogP contribution is 2.41. The molecular formula is C35H43N3O. The number of rotatable bonds is 3. The molecule has 2 atom stereocenters. The summed E-state index contributed by atoms with van der Waals surface area (Å²) in [7, 11) is 0. The standard InChI is InChI=1S/C17H17NO.C15H14N2.3CH4/c1-3-19-16-14-11-7-8-12-15(14)17(2,18-16)13-9-5-4-6-10-13;1-15(11-7-3-2-4-8-11)13-10-6-5-9-12(13)14(16)17-15;;;/h4-12H,3H2,1-2H3;2-10H,1H3,(H2,16,17);3*1H4. The number of hydrogen-bond donors (Lipinski definition) is 1. The van der Waals surface area contributed by atoms with Crippen molar-refractivity contribution in [3.8, 4) is 0 Å². The van der Waals surface area contributed by atoms with Crippen LogP contribution in [0.3, 0.4) is 0 Å². The Morgan fingerprint density at radius 2 is 1.00 bits per heavy atom. The molecule has 0 saturated heterocycles. The van der Waals surface area contributed by atoms with Gasteiger partial charge in [-0.25, -0.2) is 4.99 Å². The molecule has 6 rings (SSSR count). The Kier molecular flexibility index (Phi) is 10.0. The van der Waals surface area contributed by atoms with Gasteiger partial charge < -0.3 is 10.5 Å². The molecule has 4 aromatic carbocycles. The second-order valence-corrected chi connectivity index (χ2v) is 9.31. The van der Waals surface area contributed by atoms with Crippen LogP contribution >= 0.6 is 0 Å². The summed E-state index contributed by atoms with van der Waals surface area (Å²) in [6.45, 7) is 6.88. The molecule has 4 nitrogen and oxygen atoms in total. The Hall–Kier alpha value is -4.18. The van der Waals surface area contributed by atoms with Gasteiger partial charge in [0.15, 0.2) is 0 Å². The number of nitrogens with zero attached hydrogens (tertiary/aromatic N) is 2. The van der Waals surface area contributed by atoms with Crippen LogP contribution in [0.2, 0.25) is 0 Å². The van der Waals surface area contributed by atoms with Crippen LogP contribution in [-0.4, -0.2) is 18.3 Å². The van der Waals surface area contributed by atoms with E-state index in [2.05, 4.69) is 79.5 Å². The Balaban J connectivity index is 0.000000255. The van der Waals surface area contributed by atoms with Crippen LogP contribution in [-0.2, 0) is 15.8 Å². The van der Waals surface area contributed by atoms with Gasteiger partial charge in [0.2, 0.25) is 5.90 Å². The minimum Gasteiger partial charge on any atom is -0.478 e. The summed E-state index contributed by atoms with van der Waals surface area (Å²) in [5.74, 6) is 1.39. The fourth-order valence-corrected chi connectivity index (χ4v) is 5.12. The highest BCUT2D eigenvalue weighted by atomic mass is 16.5. The van der Waals surface area contributed by atoms with Gasteiger partial charge in [0.1, 0.15) is 16.9 Å². The van der Waals surface area contributed by atoms with Crippen molar-refractivity contribution in [2.45, 2.75) is 54.1 Å². The SMILES string of the molecule is C.C.C.CC1(c2ccccc2)N=C(N)c2ccccc21.CCOC1=NC(C)(c2ccccc2)c2ccccc21. The predicted molar refractivity (Wildman–Crippen MR) is 168 cm³/mol. The fourth-order valence-electron chi connectivity index (χ4n) is 5.12. The molecule has 0 spiro atoms. The Morgan fingerprint density at radius 3 is 1.51 bits per heavy atom. The molecule has 4 heteroatoms. The first kappa shape index (κ1) is 31.0. The van der Waals surface area contributed by atoms with Crippen molar-refractivity contribution in [2.24, 2.45) is 15.7 Å². The average molecular weight is 522 g/mol. The van der Waals surface area contributed by atoms with Crippen molar-refractivity contribution in [3.05, 3.63) is 143 Å². The quantitative estimate of drug-likeness (QED) is 0.295. The highest BCUT2D eigenvalue weighted by Gasteiger charge is 2.38. The molecule has 0 radical (unpaired) electrons. The predicted octanol–water partition coefficient (Wildman–Crippen LogP) is 8.32. The second kappa shape index (κ2) is 12.6. The smallest absolute Gasteiger partial charge is 0.217 e. The third-order valence-electron chi connectivity index (χ3n) is 7.03. The van der Waals surface area contributed by atoms with Crippen LogP contribution in [0.5, 0.6) is 0 Å². The molecule has 2 heterocycles. The lowest BCUT2D eigenvalue weighted by Gasteiger charge is -2.22. The molecule has 204 valence electrons. The summed E-state index contributed by atoms with van der Waals surface area (Å²) in [5, 5.41) is 0. The van der Waals surface area contributed by atoms with Crippen LogP contribution in [0.25, 0.3) is 0 Å². The van der Waals surface area contributed by atoms with Gasteiger partial charge in [-0.1, -0.05) is 125 Å². The number of benzene rings is 4. The van der Waals surface area contributed by atoms with E-state index in [9.17, 15) is 0 Å². The van der Waals surface area contributed by atoms with Gasteiger partial charge >= 0.3 is 0 Å². The molecule has 0 bridgehead atoms. The summed E-state index contributed by atoms with van der Waals surface area (Å²) in [4.78, 5) is 9.50. The zero-order valence-electron chi connectivity index (χ0n) is 21.0. The minimum absolute atomic E-state index is 0. The lowest BCUT2D eigenvalue weighted by atomic mass is 9.85. The van der Waals surface area contributed by atoms with Gasteiger partial charge in [0.05, 0.1) is 6.61 Å². The van der Waals surface area contributed by atoms with Crippen molar-refractivity contribution in [1.82, 2.24) is 0 Å². The van der Waals surface area contributed by atoms with Gasteiger partial charge in [-0.3, -0.25) is 4.99 Å². The van der Waals surface area contributed by atoms with E-state index in [0.717, 1.165) is 17.0 Å². The lowest BCUT2D eigenvalue weighted by Crippen LogP contribution is -2.18. The van der Waals surface area contributed by atoms with Crippen molar-refractivity contribution in [1.29, 1.82) is 0 Å². The summed E-state index contributed by atoms with van der Waals surface area (Å²) in [5.41, 5.74) is 12.2. The molecule has 0 aromatic heterocycles. The number of ether oxygens (including phenoxy) is 1. The van der Waals surface area contributed by atoms with E-state index >= 15 is 0 Å². The number of aliphatic imine (C=N–C) groups is 2. The molecule has 0 amide bonds. The van der Waals surface area contributed by atoms with Gasteiger partial charge in [-0.15, -0.1) is 0 Å². The van der Waals surface area contributed by atoms with Crippen molar-refractivity contribution < 1.29 is 4.74 Å². The lowest BCUT2D eigenvalue weighted by molar-refractivity contribution is 0.326. The first-order valence-corrected chi connectivity index (χ1v) is 12.4. The number of amidine groups is 1. The van der Waals surface area contributed by atoms with Gasteiger partial charge in [0.25, 0.3) is 0 Å². The molecule has 2 unspecified atom stereocenters. The topological polar surface area (TPSA) is 60.0 Å². The van der Waals surface area contributed by atoms with Gasteiger partial charge in [0, 0.05) is 11.1 Å². The van der Waals surface area contributed by atoms with Crippen LogP contribution in [0.1, 0.15) is 76.4 Å². The van der Waals surface area contributed by atoms with Crippen LogP contribution in [0.4, 0.5) is 0 Å². The van der Waals surface area contributed by atoms with Crippen molar-refractivity contribution >= 4 is 11.7 Å². The molecule has 2 aliphatic rings. The zero-order chi connectivity index (χ0) is 25.2. The number of hydrogen-bond acceptors (Lipinski definition) is 4. The minimum atomic E-state index is -0.345. The highest BCUT2D eigenvalue weighted by molar-refractivity contribution is 6.02. The number of fused-ring (bicyclic) bond motifs is 2. The maximum absolute atomic E-state index is 6.01. The van der Waals surface area contributed by atoms with E-state index in [1.165, 1.54) is 22.3 Å². The Morgan fingerprint density at radius 1 is 0.590 bits per heavy atom. The van der Waals surface area contributed by atoms with Crippen LogP contribution < -0.4 is 5.73 Å². The Labute approximate surface area is 235 Å². The van der Waals surface area contributed by atoms with Gasteiger partial charge in [-0.05, 0) is 49.1 Å². The maximum atomic E-state index is 6.01. The molecular weight excluding hydrogens is 478 g/mol. The summed E-state index contributed by atoms with van der Waals surface area (Å²) in [6.07, 6.45) is 0.